The van der Waals surface area contributed by atoms with Crippen LogP contribution in [-0.4, -0.2) is 29.9 Å². The summed E-state index contributed by atoms with van der Waals surface area (Å²) in [4.78, 5) is 29.2. The molecule has 7 nitrogen and oxygen atoms in total. The van der Waals surface area contributed by atoms with Crippen LogP contribution in [0.4, 0.5) is 0 Å². The minimum Gasteiger partial charge on any atom is -0.392 e. The fraction of sp³-hybridized carbons (Fsp3) is 0.643. The van der Waals surface area contributed by atoms with Crippen molar-refractivity contribution in [3.05, 3.63) is 27.2 Å². The van der Waals surface area contributed by atoms with Crippen molar-refractivity contribution in [2.45, 2.75) is 59.4 Å². The highest BCUT2D eigenvalue weighted by Gasteiger charge is 2.17. The molecule has 1 atom stereocenters. The first-order chi connectivity index (χ1) is 10.0. The summed E-state index contributed by atoms with van der Waals surface area (Å²) < 4.78 is 4.43. The first kappa shape index (κ1) is 15.5. The van der Waals surface area contributed by atoms with Gasteiger partial charge in [0.25, 0.3) is 5.56 Å². The fourth-order valence-corrected chi connectivity index (χ4v) is 2.51. The van der Waals surface area contributed by atoms with E-state index in [1.165, 1.54) is 10.9 Å². The summed E-state index contributed by atoms with van der Waals surface area (Å²) in [5.74, 6) is 0. The van der Waals surface area contributed by atoms with E-state index in [1.807, 2.05) is 13.8 Å². The van der Waals surface area contributed by atoms with Crippen LogP contribution in [0.1, 0.15) is 33.6 Å². The number of fused-ring (bicyclic) bond motifs is 1. The summed E-state index contributed by atoms with van der Waals surface area (Å²) in [6.45, 7) is 6.73. The third-order valence-corrected chi connectivity index (χ3v) is 3.34. The van der Waals surface area contributed by atoms with Crippen molar-refractivity contribution in [2.24, 2.45) is 0 Å². The van der Waals surface area contributed by atoms with Crippen LogP contribution in [0.5, 0.6) is 0 Å². The molecule has 1 unspecified atom stereocenters. The maximum atomic E-state index is 12.6. The zero-order valence-corrected chi connectivity index (χ0v) is 12.7. The summed E-state index contributed by atoms with van der Waals surface area (Å²) in [6.07, 6.45) is 2.41. The molecule has 0 aliphatic rings. The average Bonchev–Trinajstić information content (AvgIpc) is 2.82. The second-order valence-corrected chi connectivity index (χ2v) is 5.31. The summed E-state index contributed by atoms with van der Waals surface area (Å²) in [5, 5.41) is 9.55. The molecule has 0 amide bonds. The molecule has 0 spiro atoms. The van der Waals surface area contributed by atoms with E-state index in [9.17, 15) is 14.7 Å². The van der Waals surface area contributed by atoms with Gasteiger partial charge in [0, 0.05) is 13.1 Å². The minimum absolute atomic E-state index is 0.280. The quantitative estimate of drug-likeness (QED) is 0.844. The molecule has 2 rings (SSSR count). The van der Waals surface area contributed by atoms with Crippen LogP contribution in [0, 0.1) is 0 Å². The second kappa shape index (κ2) is 6.26. The number of aromatic nitrogens is 4. The molecular weight excluding hydrogens is 272 g/mol. The van der Waals surface area contributed by atoms with E-state index in [4.69, 9.17) is 0 Å². The SMILES string of the molecule is CCCn1c(=O)c2c(ncn2CC(C)O)n(CCC)c1=O. The largest absolute Gasteiger partial charge is 0.392 e. The van der Waals surface area contributed by atoms with Crippen LogP contribution >= 0.6 is 0 Å². The lowest BCUT2D eigenvalue weighted by atomic mass is 10.3. The first-order valence-corrected chi connectivity index (χ1v) is 7.37. The van der Waals surface area contributed by atoms with Gasteiger partial charge in [-0.25, -0.2) is 9.78 Å². The summed E-state index contributed by atoms with van der Waals surface area (Å²) in [6, 6.07) is 0. The number of aliphatic hydroxyl groups is 1. The zero-order valence-electron chi connectivity index (χ0n) is 12.7. The summed E-state index contributed by atoms with van der Waals surface area (Å²) in [5.41, 5.74) is 0.151. The molecule has 0 bridgehead atoms. The molecule has 0 aliphatic carbocycles. The van der Waals surface area contributed by atoms with Gasteiger partial charge >= 0.3 is 5.69 Å². The van der Waals surface area contributed by atoms with Crippen LogP contribution in [0.2, 0.25) is 0 Å². The molecule has 7 heteroatoms. The molecule has 2 heterocycles. The van der Waals surface area contributed by atoms with E-state index >= 15 is 0 Å². The Hall–Kier alpha value is -1.89. The van der Waals surface area contributed by atoms with Crippen LogP contribution < -0.4 is 11.2 Å². The molecule has 0 saturated heterocycles. The van der Waals surface area contributed by atoms with Gasteiger partial charge < -0.3 is 9.67 Å². The Morgan fingerprint density at radius 3 is 2.38 bits per heavy atom. The van der Waals surface area contributed by atoms with Crippen molar-refractivity contribution >= 4 is 11.2 Å². The van der Waals surface area contributed by atoms with Crippen molar-refractivity contribution in [2.75, 3.05) is 0 Å². The maximum absolute atomic E-state index is 12.6. The highest BCUT2D eigenvalue weighted by atomic mass is 16.3. The molecule has 1 N–H and O–H groups in total. The topological polar surface area (TPSA) is 82.0 Å². The van der Waals surface area contributed by atoms with E-state index in [1.54, 1.807) is 16.1 Å². The summed E-state index contributed by atoms with van der Waals surface area (Å²) >= 11 is 0. The lowest BCUT2D eigenvalue weighted by Crippen LogP contribution is -2.40. The van der Waals surface area contributed by atoms with Crippen molar-refractivity contribution in [3.63, 3.8) is 0 Å². The molecule has 2 aromatic rings. The Kier molecular flexibility index (Phi) is 4.62. The van der Waals surface area contributed by atoms with E-state index in [2.05, 4.69) is 4.98 Å². The molecular formula is C14H22N4O3. The van der Waals surface area contributed by atoms with Crippen molar-refractivity contribution in [3.8, 4) is 0 Å². The third-order valence-electron chi connectivity index (χ3n) is 3.34. The Bertz CT molecular complexity index is 739. The average molecular weight is 294 g/mol. The molecule has 0 fully saturated rings. The van der Waals surface area contributed by atoms with E-state index in [0.29, 0.717) is 30.7 Å². The first-order valence-electron chi connectivity index (χ1n) is 7.37. The Morgan fingerprint density at radius 2 is 1.81 bits per heavy atom. The lowest BCUT2D eigenvalue weighted by Gasteiger charge is -2.12. The van der Waals surface area contributed by atoms with Gasteiger partial charge in [0.2, 0.25) is 0 Å². The van der Waals surface area contributed by atoms with Crippen LogP contribution in [0.15, 0.2) is 15.9 Å². The van der Waals surface area contributed by atoms with Gasteiger partial charge in [0.15, 0.2) is 11.2 Å². The highest BCUT2D eigenvalue weighted by Crippen LogP contribution is 2.08. The molecule has 116 valence electrons. The van der Waals surface area contributed by atoms with Crippen molar-refractivity contribution in [1.82, 2.24) is 18.7 Å². The van der Waals surface area contributed by atoms with Gasteiger partial charge in [-0.1, -0.05) is 13.8 Å². The highest BCUT2D eigenvalue weighted by molar-refractivity contribution is 5.70. The smallest absolute Gasteiger partial charge is 0.332 e. The predicted molar refractivity (Wildman–Crippen MR) is 80.5 cm³/mol. The van der Waals surface area contributed by atoms with Crippen LogP contribution in [0.25, 0.3) is 11.2 Å². The zero-order chi connectivity index (χ0) is 15.6. The van der Waals surface area contributed by atoms with Gasteiger partial charge in [-0.15, -0.1) is 0 Å². The second-order valence-electron chi connectivity index (χ2n) is 5.31. The molecule has 0 radical (unpaired) electrons. The van der Waals surface area contributed by atoms with Gasteiger partial charge in [-0.05, 0) is 19.8 Å². The number of imidazole rings is 1. The fourth-order valence-electron chi connectivity index (χ4n) is 2.51. The van der Waals surface area contributed by atoms with Gasteiger partial charge in [-0.2, -0.15) is 0 Å². The van der Waals surface area contributed by atoms with E-state index in [-0.39, 0.29) is 17.8 Å². The lowest BCUT2D eigenvalue weighted by molar-refractivity contribution is 0.175. The standard InChI is InChI=1S/C14H22N4O3/c1-4-6-17-12-11(16(9-15-12)8-10(3)19)13(20)18(7-5-2)14(17)21/h9-10,19H,4-8H2,1-3H3. The predicted octanol–water partition coefficient (Wildman–Crippen LogP) is 0.560. The van der Waals surface area contributed by atoms with Gasteiger partial charge in [0.05, 0.1) is 19.0 Å². The maximum Gasteiger partial charge on any atom is 0.332 e. The molecule has 0 saturated carbocycles. The van der Waals surface area contributed by atoms with Gasteiger partial charge in [-0.3, -0.25) is 13.9 Å². The van der Waals surface area contributed by atoms with E-state index in [0.717, 1.165) is 6.42 Å². The van der Waals surface area contributed by atoms with E-state index < -0.39 is 6.10 Å². The Labute approximate surface area is 122 Å². The Balaban J connectivity index is 2.79. The summed E-state index contributed by atoms with van der Waals surface area (Å²) in [7, 11) is 0. The number of aryl methyl sites for hydroxylation is 1. The molecule has 0 aliphatic heterocycles. The van der Waals surface area contributed by atoms with Crippen molar-refractivity contribution < 1.29 is 5.11 Å². The van der Waals surface area contributed by atoms with Crippen LogP contribution in [-0.2, 0) is 19.6 Å². The number of aliphatic hydroxyl groups excluding tert-OH is 1. The third kappa shape index (κ3) is 2.78. The monoisotopic (exact) mass is 294 g/mol. The molecule has 21 heavy (non-hydrogen) atoms. The number of nitrogens with zero attached hydrogens (tertiary/aromatic N) is 4. The number of hydrogen-bond donors (Lipinski definition) is 1. The minimum atomic E-state index is -0.590. The normalized spacial score (nSPS) is 13.0. The molecule has 2 aromatic heterocycles. The van der Waals surface area contributed by atoms with Crippen LogP contribution in [0.3, 0.4) is 0 Å². The van der Waals surface area contributed by atoms with Gasteiger partial charge in [0.1, 0.15) is 0 Å². The molecule has 0 aromatic carbocycles. The Morgan fingerprint density at radius 1 is 1.19 bits per heavy atom. The van der Waals surface area contributed by atoms with Crippen molar-refractivity contribution in [1.29, 1.82) is 0 Å². The number of rotatable bonds is 6. The number of hydrogen-bond acceptors (Lipinski definition) is 4.